The van der Waals surface area contributed by atoms with Gasteiger partial charge in [0.25, 0.3) is 0 Å². The molecule has 1 aromatic carbocycles. The van der Waals surface area contributed by atoms with Gasteiger partial charge in [0.2, 0.25) is 11.8 Å². The second kappa shape index (κ2) is 7.13. The summed E-state index contributed by atoms with van der Waals surface area (Å²) in [5.41, 5.74) is 0.457. The Morgan fingerprint density at radius 1 is 1.33 bits per heavy atom. The second-order valence-corrected chi connectivity index (χ2v) is 6.90. The Morgan fingerprint density at radius 2 is 2.12 bits per heavy atom. The van der Waals surface area contributed by atoms with E-state index in [0.717, 1.165) is 4.88 Å². The van der Waals surface area contributed by atoms with Crippen molar-refractivity contribution in [3.63, 3.8) is 0 Å². The average Bonchev–Trinajstić information content (AvgIpc) is 3.10. The van der Waals surface area contributed by atoms with Gasteiger partial charge in [-0.1, -0.05) is 24.3 Å². The molecule has 126 valence electrons. The summed E-state index contributed by atoms with van der Waals surface area (Å²) >= 11 is 1.54. The molecule has 0 bridgehead atoms. The summed E-state index contributed by atoms with van der Waals surface area (Å²) in [6.45, 7) is 0.150. The van der Waals surface area contributed by atoms with Crippen LogP contribution < -0.4 is 5.32 Å². The maximum Gasteiger partial charge on any atom is 0.225 e. The van der Waals surface area contributed by atoms with Crippen LogP contribution in [0.5, 0.6) is 0 Å². The van der Waals surface area contributed by atoms with Crippen LogP contribution in [0.1, 0.15) is 29.3 Å². The van der Waals surface area contributed by atoms with Gasteiger partial charge in [0.05, 0.1) is 12.0 Å². The Bertz CT molecular complexity index is 732. The average molecular weight is 346 g/mol. The third-order valence-corrected chi connectivity index (χ3v) is 5.39. The fraction of sp³-hybridized carbons (Fsp3) is 0.333. The van der Waals surface area contributed by atoms with Crippen LogP contribution in [0.4, 0.5) is 4.39 Å². The molecular weight excluding hydrogens is 327 g/mol. The van der Waals surface area contributed by atoms with Gasteiger partial charge < -0.3 is 10.2 Å². The fourth-order valence-corrected chi connectivity index (χ4v) is 4.05. The molecule has 0 spiro atoms. The minimum absolute atomic E-state index is 0.0477. The summed E-state index contributed by atoms with van der Waals surface area (Å²) in [6, 6.07) is 10.0. The van der Waals surface area contributed by atoms with E-state index in [1.807, 2.05) is 17.5 Å². The number of nitrogens with one attached hydrogen (secondary N) is 1. The smallest absolute Gasteiger partial charge is 0.225 e. The number of hydrogen-bond acceptors (Lipinski definition) is 3. The lowest BCUT2D eigenvalue weighted by Crippen LogP contribution is -2.46. The normalized spacial score (nSPS) is 20.9. The molecular formula is C18H19FN2O2S. The number of piperidine rings is 1. The zero-order valence-corrected chi connectivity index (χ0v) is 14.2. The van der Waals surface area contributed by atoms with E-state index >= 15 is 0 Å². The molecule has 1 aromatic heterocycles. The highest BCUT2D eigenvalue weighted by Crippen LogP contribution is 2.37. The van der Waals surface area contributed by atoms with Crippen LogP contribution >= 0.6 is 11.3 Å². The maximum absolute atomic E-state index is 13.7. The molecule has 2 amide bonds. The topological polar surface area (TPSA) is 49.4 Å². The Hall–Kier alpha value is -2.21. The SMILES string of the molecule is CN1C(=O)CCC(C(=O)NCc2ccccc2F)C1c1cccs1. The van der Waals surface area contributed by atoms with Crippen molar-refractivity contribution in [2.24, 2.45) is 5.92 Å². The number of thiophene rings is 1. The van der Waals surface area contributed by atoms with E-state index in [1.165, 1.54) is 17.4 Å². The molecule has 3 rings (SSSR count). The van der Waals surface area contributed by atoms with Gasteiger partial charge in [-0.15, -0.1) is 11.3 Å². The molecule has 0 radical (unpaired) electrons. The van der Waals surface area contributed by atoms with E-state index in [4.69, 9.17) is 0 Å². The molecule has 6 heteroatoms. The predicted octanol–water partition coefficient (Wildman–Crippen LogP) is 3.11. The van der Waals surface area contributed by atoms with Gasteiger partial charge >= 0.3 is 0 Å². The molecule has 1 aliphatic heterocycles. The first-order valence-corrected chi connectivity index (χ1v) is 8.76. The quantitative estimate of drug-likeness (QED) is 0.925. The predicted molar refractivity (Wildman–Crippen MR) is 90.8 cm³/mol. The van der Waals surface area contributed by atoms with Crippen molar-refractivity contribution < 1.29 is 14.0 Å². The summed E-state index contributed by atoms with van der Waals surface area (Å²) in [6.07, 6.45) is 0.866. The van der Waals surface area contributed by atoms with Gasteiger partial charge in [-0.05, 0) is 23.9 Å². The van der Waals surface area contributed by atoms with Crippen molar-refractivity contribution in [2.45, 2.75) is 25.4 Å². The first kappa shape index (κ1) is 16.6. The molecule has 2 heterocycles. The lowest BCUT2D eigenvalue weighted by Gasteiger charge is -2.37. The van der Waals surface area contributed by atoms with E-state index in [9.17, 15) is 14.0 Å². The van der Waals surface area contributed by atoms with E-state index < -0.39 is 0 Å². The molecule has 2 unspecified atom stereocenters. The number of carbonyl (C=O) groups excluding carboxylic acids is 2. The van der Waals surface area contributed by atoms with Gasteiger partial charge in [0, 0.05) is 30.5 Å². The highest BCUT2D eigenvalue weighted by Gasteiger charge is 2.39. The Labute approximate surface area is 144 Å². The molecule has 0 aliphatic carbocycles. The minimum atomic E-state index is -0.330. The number of likely N-dealkylation sites (tertiary alicyclic amines) is 1. The van der Waals surface area contributed by atoms with Crippen molar-refractivity contribution >= 4 is 23.2 Å². The van der Waals surface area contributed by atoms with Gasteiger partial charge in [-0.25, -0.2) is 4.39 Å². The summed E-state index contributed by atoms with van der Waals surface area (Å²) < 4.78 is 13.7. The standard InChI is InChI=1S/C18H19FN2O2S/c1-21-16(22)9-8-13(17(21)15-7-4-10-24-15)18(23)20-11-12-5-2-3-6-14(12)19/h2-7,10,13,17H,8-9,11H2,1H3,(H,20,23). The van der Waals surface area contributed by atoms with Crippen molar-refractivity contribution in [3.8, 4) is 0 Å². The summed E-state index contributed by atoms with van der Waals surface area (Å²) in [5.74, 6) is -0.746. The first-order valence-electron chi connectivity index (χ1n) is 7.88. The molecule has 24 heavy (non-hydrogen) atoms. The third-order valence-electron chi connectivity index (χ3n) is 4.44. The number of hydrogen-bond donors (Lipinski definition) is 1. The molecule has 1 saturated heterocycles. The van der Waals surface area contributed by atoms with Crippen molar-refractivity contribution in [1.29, 1.82) is 0 Å². The highest BCUT2D eigenvalue weighted by atomic mass is 32.1. The minimum Gasteiger partial charge on any atom is -0.352 e. The summed E-state index contributed by atoms with van der Waals surface area (Å²) in [7, 11) is 1.74. The zero-order valence-electron chi connectivity index (χ0n) is 13.4. The lowest BCUT2D eigenvalue weighted by atomic mass is 9.87. The van der Waals surface area contributed by atoms with Gasteiger partial charge in [0.15, 0.2) is 0 Å². The molecule has 0 saturated carbocycles. The van der Waals surface area contributed by atoms with E-state index in [1.54, 1.807) is 30.1 Å². The molecule has 1 N–H and O–H groups in total. The Balaban J connectivity index is 1.74. The number of rotatable bonds is 4. The molecule has 2 aromatic rings. The van der Waals surface area contributed by atoms with Crippen LogP contribution in [0, 0.1) is 11.7 Å². The zero-order chi connectivity index (χ0) is 17.1. The number of halogens is 1. The van der Waals surface area contributed by atoms with Gasteiger partial charge in [-0.2, -0.15) is 0 Å². The number of carbonyl (C=O) groups is 2. The summed E-state index contributed by atoms with van der Waals surface area (Å²) in [4.78, 5) is 27.4. The van der Waals surface area contributed by atoms with Gasteiger partial charge in [-0.3, -0.25) is 9.59 Å². The number of amides is 2. The van der Waals surface area contributed by atoms with E-state index in [2.05, 4.69) is 5.32 Å². The summed E-state index contributed by atoms with van der Waals surface area (Å²) in [5, 5.41) is 4.77. The van der Waals surface area contributed by atoms with Crippen LogP contribution in [0.15, 0.2) is 41.8 Å². The Morgan fingerprint density at radius 3 is 2.83 bits per heavy atom. The second-order valence-electron chi connectivity index (χ2n) is 5.92. The van der Waals surface area contributed by atoms with Crippen molar-refractivity contribution in [3.05, 3.63) is 58.0 Å². The molecule has 4 nitrogen and oxygen atoms in total. The first-order chi connectivity index (χ1) is 11.6. The maximum atomic E-state index is 13.7. The largest absolute Gasteiger partial charge is 0.352 e. The monoisotopic (exact) mass is 346 g/mol. The van der Waals surface area contributed by atoms with Crippen LogP contribution in [-0.2, 0) is 16.1 Å². The Kier molecular flexibility index (Phi) is 4.94. The lowest BCUT2D eigenvalue weighted by molar-refractivity contribution is -0.141. The van der Waals surface area contributed by atoms with Crippen LogP contribution in [0.3, 0.4) is 0 Å². The van der Waals surface area contributed by atoms with Crippen molar-refractivity contribution in [2.75, 3.05) is 7.05 Å². The molecule has 1 fully saturated rings. The number of benzene rings is 1. The highest BCUT2D eigenvalue weighted by molar-refractivity contribution is 7.10. The van der Waals surface area contributed by atoms with E-state index in [-0.39, 0.29) is 36.1 Å². The van der Waals surface area contributed by atoms with Crippen molar-refractivity contribution in [1.82, 2.24) is 10.2 Å². The van der Waals surface area contributed by atoms with E-state index in [0.29, 0.717) is 18.4 Å². The third kappa shape index (κ3) is 3.33. The van der Waals surface area contributed by atoms with Gasteiger partial charge in [0.1, 0.15) is 5.82 Å². The fourth-order valence-electron chi connectivity index (χ4n) is 3.12. The molecule has 2 atom stereocenters. The van der Waals surface area contributed by atoms with Crippen LogP contribution in [-0.4, -0.2) is 23.8 Å². The van der Waals surface area contributed by atoms with Crippen LogP contribution in [0.25, 0.3) is 0 Å². The molecule has 1 aliphatic rings. The number of nitrogens with zero attached hydrogens (tertiary/aromatic N) is 1. The van der Waals surface area contributed by atoms with Crippen LogP contribution in [0.2, 0.25) is 0 Å².